The highest BCUT2D eigenvalue weighted by Crippen LogP contribution is 2.31. The Kier molecular flexibility index (Phi) is 6.02. The standard InChI is InChI=1S/C18H25ClN4O2/c19-14-6-7-16(22-8-2-1-3-9-22)15(12-14)21-18(25)20-13-17(24)23-10-4-5-11-23/h6-7,12H,1-5,8-11,13H2,(H2,20,21,25). The lowest BCUT2D eigenvalue weighted by Crippen LogP contribution is -2.40. The van der Waals surface area contributed by atoms with Crippen molar-refractivity contribution in [3.05, 3.63) is 23.2 Å². The van der Waals surface area contributed by atoms with Crippen molar-refractivity contribution in [2.24, 2.45) is 0 Å². The van der Waals surface area contributed by atoms with E-state index in [0.29, 0.717) is 10.7 Å². The number of rotatable bonds is 4. The SMILES string of the molecule is O=C(NCC(=O)N1CCCC1)Nc1cc(Cl)ccc1N1CCCCC1. The minimum atomic E-state index is -0.381. The molecule has 2 aliphatic heterocycles. The minimum Gasteiger partial charge on any atom is -0.370 e. The number of benzene rings is 1. The van der Waals surface area contributed by atoms with Crippen molar-refractivity contribution in [3.63, 3.8) is 0 Å². The summed E-state index contributed by atoms with van der Waals surface area (Å²) in [5, 5.41) is 6.08. The second-order valence-electron chi connectivity index (χ2n) is 6.60. The number of anilines is 2. The molecule has 2 aliphatic rings. The molecule has 0 spiro atoms. The molecule has 2 N–H and O–H groups in total. The Hall–Kier alpha value is -1.95. The smallest absolute Gasteiger partial charge is 0.319 e. The van der Waals surface area contributed by atoms with E-state index in [1.807, 2.05) is 12.1 Å². The van der Waals surface area contributed by atoms with Crippen LogP contribution < -0.4 is 15.5 Å². The van der Waals surface area contributed by atoms with Gasteiger partial charge in [0.15, 0.2) is 0 Å². The number of carbonyl (C=O) groups is 2. The molecule has 0 atom stereocenters. The molecule has 136 valence electrons. The van der Waals surface area contributed by atoms with Crippen molar-refractivity contribution in [1.82, 2.24) is 10.2 Å². The summed E-state index contributed by atoms with van der Waals surface area (Å²) in [6.07, 6.45) is 5.63. The molecule has 0 unspecified atom stereocenters. The highest BCUT2D eigenvalue weighted by molar-refractivity contribution is 6.31. The van der Waals surface area contributed by atoms with Crippen LogP contribution in [0.4, 0.5) is 16.2 Å². The first-order valence-corrected chi connectivity index (χ1v) is 9.38. The molecule has 0 aromatic heterocycles. The summed E-state index contributed by atoms with van der Waals surface area (Å²) >= 11 is 6.10. The molecule has 2 saturated heterocycles. The molecule has 0 aliphatic carbocycles. The Morgan fingerprint density at radius 3 is 2.40 bits per heavy atom. The summed E-state index contributed by atoms with van der Waals surface area (Å²) in [6.45, 7) is 3.55. The van der Waals surface area contributed by atoms with E-state index in [4.69, 9.17) is 11.6 Å². The second-order valence-corrected chi connectivity index (χ2v) is 7.04. The van der Waals surface area contributed by atoms with Gasteiger partial charge in [-0.05, 0) is 50.3 Å². The number of hydrogen-bond acceptors (Lipinski definition) is 3. The number of urea groups is 1. The third kappa shape index (κ3) is 4.78. The first-order chi connectivity index (χ1) is 12.1. The molecule has 2 heterocycles. The topological polar surface area (TPSA) is 64.7 Å². The Labute approximate surface area is 153 Å². The van der Waals surface area contributed by atoms with Crippen LogP contribution in [0.2, 0.25) is 5.02 Å². The zero-order valence-electron chi connectivity index (χ0n) is 14.4. The minimum absolute atomic E-state index is 0.0193. The van der Waals surface area contributed by atoms with Gasteiger partial charge in [0.1, 0.15) is 0 Å². The van der Waals surface area contributed by atoms with Gasteiger partial charge in [-0.3, -0.25) is 4.79 Å². The van der Waals surface area contributed by atoms with Crippen LogP contribution in [0.25, 0.3) is 0 Å². The number of piperidine rings is 1. The van der Waals surface area contributed by atoms with E-state index >= 15 is 0 Å². The number of likely N-dealkylation sites (tertiary alicyclic amines) is 1. The number of hydrogen-bond donors (Lipinski definition) is 2. The van der Waals surface area contributed by atoms with Gasteiger partial charge in [-0.2, -0.15) is 0 Å². The molecule has 1 aromatic rings. The van der Waals surface area contributed by atoms with Crippen LogP contribution in [-0.4, -0.2) is 49.6 Å². The van der Waals surface area contributed by atoms with E-state index < -0.39 is 0 Å². The predicted octanol–water partition coefficient (Wildman–Crippen LogP) is 3.07. The zero-order chi connectivity index (χ0) is 17.6. The van der Waals surface area contributed by atoms with Crippen molar-refractivity contribution < 1.29 is 9.59 Å². The fourth-order valence-corrected chi connectivity index (χ4v) is 3.59. The van der Waals surface area contributed by atoms with Crippen LogP contribution in [0, 0.1) is 0 Å². The van der Waals surface area contributed by atoms with Gasteiger partial charge in [-0.15, -0.1) is 0 Å². The normalized spacial score (nSPS) is 17.5. The Balaban J connectivity index is 1.59. The van der Waals surface area contributed by atoms with Gasteiger partial charge in [0.2, 0.25) is 5.91 Å². The van der Waals surface area contributed by atoms with Gasteiger partial charge in [-0.25, -0.2) is 4.79 Å². The van der Waals surface area contributed by atoms with E-state index in [1.54, 1.807) is 11.0 Å². The van der Waals surface area contributed by atoms with Crippen molar-refractivity contribution in [2.75, 3.05) is 42.9 Å². The first kappa shape index (κ1) is 17.9. The molecule has 6 nitrogen and oxygen atoms in total. The summed E-state index contributed by atoms with van der Waals surface area (Å²) in [7, 11) is 0. The van der Waals surface area contributed by atoms with Crippen molar-refractivity contribution in [3.8, 4) is 0 Å². The number of amides is 3. The van der Waals surface area contributed by atoms with Crippen LogP contribution in [0.3, 0.4) is 0 Å². The van der Waals surface area contributed by atoms with E-state index in [1.165, 1.54) is 6.42 Å². The fraction of sp³-hybridized carbons (Fsp3) is 0.556. The predicted molar refractivity (Wildman–Crippen MR) is 100 cm³/mol. The quantitative estimate of drug-likeness (QED) is 0.862. The van der Waals surface area contributed by atoms with Crippen molar-refractivity contribution >= 4 is 34.9 Å². The summed E-state index contributed by atoms with van der Waals surface area (Å²) < 4.78 is 0. The van der Waals surface area contributed by atoms with Gasteiger partial charge in [-0.1, -0.05) is 11.6 Å². The lowest BCUT2D eigenvalue weighted by molar-refractivity contribution is -0.128. The van der Waals surface area contributed by atoms with Crippen LogP contribution in [0.15, 0.2) is 18.2 Å². The highest BCUT2D eigenvalue weighted by atomic mass is 35.5. The Bertz CT molecular complexity index is 626. The summed E-state index contributed by atoms with van der Waals surface area (Å²) in [5.74, 6) is -0.0324. The molecule has 7 heteroatoms. The number of nitrogens with zero attached hydrogens (tertiary/aromatic N) is 2. The first-order valence-electron chi connectivity index (χ1n) is 9.00. The molecule has 3 rings (SSSR count). The van der Waals surface area contributed by atoms with Gasteiger partial charge in [0.25, 0.3) is 0 Å². The molecular formula is C18H25ClN4O2. The average Bonchev–Trinajstić information content (AvgIpc) is 3.15. The second kappa shape index (κ2) is 8.43. The molecule has 0 radical (unpaired) electrons. The monoisotopic (exact) mass is 364 g/mol. The molecule has 3 amide bonds. The summed E-state index contributed by atoms with van der Waals surface area (Å²) in [4.78, 5) is 28.3. The fourth-order valence-electron chi connectivity index (χ4n) is 3.42. The van der Waals surface area contributed by atoms with Gasteiger partial charge < -0.3 is 20.4 Å². The number of carbonyl (C=O) groups excluding carboxylic acids is 2. The highest BCUT2D eigenvalue weighted by Gasteiger charge is 2.19. The van der Waals surface area contributed by atoms with E-state index in [2.05, 4.69) is 15.5 Å². The molecular weight excluding hydrogens is 340 g/mol. The average molecular weight is 365 g/mol. The molecule has 25 heavy (non-hydrogen) atoms. The molecule has 2 fully saturated rings. The number of halogens is 1. The van der Waals surface area contributed by atoms with Gasteiger partial charge in [0.05, 0.1) is 17.9 Å². The van der Waals surface area contributed by atoms with Crippen LogP contribution in [-0.2, 0) is 4.79 Å². The molecule has 0 saturated carbocycles. The van der Waals surface area contributed by atoms with Gasteiger partial charge in [0, 0.05) is 31.2 Å². The van der Waals surface area contributed by atoms with Gasteiger partial charge >= 0.3 is 6.03 Å². The molecule has 0 bridgehead atoms. The van der Waals surface area contributed by atoms with E-state index in [9.17, 15) is 9.59 Å². The lowest BCUT2D eigenvalue weighted by atomic mass is 10.1. The largest absolute Gasteiger partial charge is 0.370 e. The summed E-state index contributed by atoms with van der Waals surface area (Å²) in [5.41, 5.74) is 1.66. The van der Waals surface area contributed by atoms with Crippen molar-refractivity contribution in [1.29, 1.82) is 0 Å². The molecule has 1 aromatic carbocycles. The third-order valence-electron chi connectivity index (χ3n) is 4.76. The number of nitrogens with one attached hydrogen (secondary N) is 2. The van der Waals surface area contributed by atoms with Crippen molar-refractivity contribution in [2.45, 2.75) is 32.1 Å². The van der Waals surface area contributed by atoms with Crippen LogP contribution in [0.1, 0.15) is 32.1 Å². The third-order valence-corrected chi connectivity index (χ3v) is 5.00. The zero-order valence-corrected chi connectivity index (χ0v) is 15.1. The summed E-state index contributed by atoms with van der Waals surface area (Å²) in [6, 6.07) is 5.16. The lowest BCUT2D eigenvalue weighted by Gasteiger charge is -2.30. The van der Waals surface area contributed by atoms with E-state index in [-0.39, 0.29) is 18.5 Å². The Morgan fingerprint density at radius 2 is 1.68 bits per heavy atom. The Morgan fingerprint density at radius 1 is 1.00 bits per heavy atom. The van der Waals surface area contributed by atoms with Crippen LogP contribution in [0.5, 0.6) is 0 Å². The maximum absolute atomic E-state index is 12.2. The maximum atomic E-state index is 12.2. The maximum Gasteiger partial charge on any atom is 0.319 e. The van der Waals surface area contributed by atoms with E-state index in [0.717, 1.165) is 57.5 Å². The van der Waals surface area contributed by atoms with Crippen LogP contribution >= 0.6 is 11.6 Å².